The largest absolute Gasteiger partial charge is 0.255 e. The molecule has 3 aromatic rings. The maximum atomic E-state index is 4.64. The molecule has 0 atom stereocenters. The van der Waals surface area contributed by atoms with Gasteiger partial charge in [-0.3, -0.25) is 4.98 Å². The Labute approximate surface area is 127 Å². The molecule has 2 aromatic carbocycles. The number of hydrogen-bond donors (Lipinski definition) is 0. The van der Waals surface area contributed by atoms with Gasteiger partial charge in [-0.05, 0) is 36.2 Å². The highest BCUT2D eigenvalue weighted by atomic mass is 79.9. The van der Waals surface area contributed by atoms with Crippen LogP contribution in [0.25, 0.3) is 22.4 Å². The predicted molar refractivity (Wildman–Crippen MR) is 87.5 cm³/mol. The number of halogens is 1. The highest BCUT2D eigenvalue weighted by molar-refractivity contribution is 9.10. The lowest BCUT2D eigenvalue weighted by molar-refractivity contribution is 1.27. The van der Waals surface area contributed by atoms with Crippen LogP contribution in [0.2, 0.25) is 0 Å². The van der Waals surface area contributed by atoms with Gasteiger partial charge in [-0.25, -0.2) is 0 Å². The van der Waals surface area contributed by atoms with Crippen molar-refractivity contribution in [2.45, 2.75) is 6.92 Å². The molecule has 0 aliphatic heterocycles. The molecular formula is C18H14BrN. The van der Waals surface area contributed by atoms with Gasteiger partial charge in [0.2, 0.25) is 0 Å². The molecule has 0 radical (unpaired) electrons. The smallest absolute Gasteiger partial charge is 0.0731 e. The summed E-state index contributed by atoms with van der Waals surface area (Å²) < 4.78 is 1.08. The van der Waals surface area contributed by atoms with E-state index in [4.69, 9.17) is 0 Å². The Bertz CT molecular complexity index is 718. The highest BCUT2D eigenvalue weighted by Crippen LogP contribution is 2.26. The van der Waals surface area contributed by atoms with Crippen molar-refractivity contribution in [1.29, 1.82) is 0 Å². The molecule has 0 fully saturated rings. The van der Waals surface area contributed by atoms with E-state index in [0.717, 1.165) is 21.3 Å². The average molecular weight is 324 g/mol. The first-order valence-electron chi connectivity index (χ1n) is 6.52. The van der Waals surface area contributed by atoms with Crippen LogP contribution in [-0.2, 0) is 0 Å². The van der Waals surface area contributed by atoms with Gasteiger partial charge in [-0.15, -0.1) is 0 Å². The molecule has 1 heterocycles. The summed E-state index contributed by atoms with van der Waals surface area (Å²) in [6.45, 7) is 2.11. The fourth-order valence-electron chi connectivity index (χ4n) is 2.27. The van der Waals surface area contributed by atoms with Crippen molar-refractivity contribution in [3.63, 3.8) is 0 Å². The van der Waals surface area contributed by atoms with Gasteiger partial charge in [-0.2, -0.15) is 0 Å². The van der Waals surface area contributed by atoms with Crippen molar-refractivity contribution in [3.05, 3.63) is 76.9 Å². The third kappa shape index (κ3) is 2.66. The van der Waals surface area contributed by atoms with Gasteiger partial charge in [-0.1, -0.05) is 58.4 Å². The van der Waals surface area contributed by atoms with Crippen LogP contribution >= 0.6 is 15.9 Å². The molecule has 0 bridgehead atoms. The number of rotatable bonds is 2. The van der Waals surface area contributed by atoms with Crippen LogP contribution in [0.4, 0.5) is 0 Å². The molecule has 0 aliphatic rings. The number of benzene rings is 2. The molecule has 0 N–H and O–H groups in total. The second-order valence-electron chi connectivity index (χ2n) is 4.76. The lowest BCUT2D eigenvalue weighted by Crippen LogP contribution is -1.90. The van der Waals surface area contributed by atoms with Crippen LogP contribution in [0.15, 0.2) is 71.3 Å². The summed E-state index contributed by atoms with van der Waals surface area (Å²) in [5.74, 6) is 0. The first-order chi connectivity index (χ1) is 9.74. The minimum absolute atomic E-state index is 1.04. The summed E-state index contributed by atoms with van der Waals surface area (Å²) in [6, 6.07) is 20.8. The molecule has 3 rings (SSSR count). The lowest BCUT2D eigenvalue weighted by atomic mass is 10.0. The molecule has 98 valence electrons. The second kappa shape index (κ2) is 5.59. The maximum Gasteiger partial charge on any atom is 0.0731 e. The third-order valence-electron chi connectivity index (χ3n) is 3.30. The Morgan fingerprint density at radius 2 is 1.50 bits per heavy atom. The van der Waals surface area contributed by atoms with E-state index < -0.39 is 0 Å². The van der Waals surface area contributed by atoms with Crippen LogP contribution in [-0.4, -0.2) is 4.98 Å². The Morgan fingerprint density at radius 1 is 0.800 bits per heavy atom. The Morgan fingerprint density at radius 3 is 2.15 bits per heavy atom. The standard InChI is InChI=1S/C18H14BrN/c1-13-11-16(14-5-3-2-4-6-14)12-20-18(13)15-7-9-17(19)10-8-15/h2-12H,1H3. The minimum atomic E-state index is 1.04. The topological polar surface area (TPSA) is 12.9 Å². The molecule has 0 saturated carbocycles. The molecule has 1 nitrogen and oxygen atoms in total. The van der Waals surface area contributed by atoms with Gasteiger partial charge < -0.3 is 0 Å². The van der Waals surface area contributed by atoms with E-state index in [1.54, 1.807) is 0 Å². The zero-order valence-electron chi connectivity index (χ0n) is 11.2. The van der Waals surface area contributed by atoms with Crippen LogP contribution in [0.3, 0.4) is 0 Å². The minimum Gasteiger partial charge on any atom is -0.255 e. The normalized spacial score (nSPS) is 10.5. The second-order valence-corrected chi connectivity index (χ2v) is 5.68. The molecule has 0 unspecified atom stereocenters. The predicted octanol–water partition coefficient (Wildman–Crippen LogP) is 5.49. The third-order valence-corrected chi connectivity index (χ3v) is 3.83. The Balaban J connectivity index is 2.02. The molecule has 0 aliphatic carbocycles. The van der Waals surface area contributed by atoms with Crippen molar-refractivity contribution in [1.82, 2.24) is 4.98 Å². The monoisotopic (exact) mass is 323 g/mol. The van der Waals surface area contributed by atoms with Crippen molar-refractivity contribution < 1.29 is 0 Å². The van der Waals surface area contributed by atoms with Gasteiger partial charge >= 0.3 is 0 Å². The van der Waals surface area contributed by atoms with E-state index in [0.29, 0.717) is 0 Å². The van der Waals surface area contributed by atoms with Crippen LogP contribution < -0.4 is 0 Å². The summed E-state index contributed by atoms with van der Waals surface area (Å²) in [6.07, 6.45) is 1.94. The van der Waals surface area contributed by atoms with E-state index >= 15 is 0 Å². The molecular weight excluding hydrogens is 310 g/mol. The number of pyridine rings is 1. The van der Waals surface area contributed by atoms with Gasteiger partial charge in [0.25, 0.3) is 0 Å². The van der Waals surface area contributed by atoms with E-state index in [1.165, 1.54) is 11.1 Å². The summed E-state index contributed by atoms with van der Waals surface area (Å²) in [4.78, 5) is 4.64. The number of nitrogens with zero attached hydrogens (tertiary/aromatic N) is 1. The fraction of sp³-hybridized carbons (Fsp3) is 0.0556. The summed E-state index contributed by atoms with van der Waals surface area (Å²) >= 11 is 3.46. The van der Waals surface area contributed by atoms with Gasteiger partial charge in [0.1, 0.15) is 0 Å². The van der Waals surface area contributed by atoms with Crippen LogP contribution in [0, 0.1) is 6.92 Å². The van der Waals surface area contributed by atoms with Crippen molar-refractivity contribution in [2.75, 3.05) is 0 Å². The van der Waals surface area contributed by atoms with E-state index in [2.05, 4.69) is 58.2 Å². The lowest BCUT2D eigenvalue weighted by Gasteiger charge is -2.08. The van der Waals surface area contributed by atoms with Gasteiger partial charge in [0.05, 0.1) is 5.69 Å². The molecule has 0 amide bonds. The number of aromatic nitrogens is 1. The number of hydrogen-bond acceptors (Lipinski definition) is 1. The maximum absolute atomic E-state index is 4.64. The Hall–Kier alpha value is -1.93. The van der Waals surface area contributed by atoms with Crippen molar-refractivity contribution >= 4 is 15.9 Å². The van der Waals surface area contributed by atoms with E-state index in [1.807, 2.05) is 36.5 Å². The average Bonchev–Trinajstić information content (AvgIpc) is 2.49. The molecule has 0 saturated heterocycles. The zero-order chi connectivity index (χ0) is 13.9. The molecule has 1 aromatic heterocycles. The zero-order valence-corrected chi connectivity index (χ0v) is 12.8. The summed E-state index contributed by atoms with van der Waals surface area (Å²) in [5, 5.41) is 0. The summed E-state index contributed by atoms with van der Waals surface area (Å²) in [7, 11) is 0. The quantitative estimate of drug-likeness (QED) is 0.608. The van der Waals surface area contributed by atoms with Crippen molar-refractivity contribution in [3.8, 4) is 22.4 Å². The van der Waals surface area contributed by atoms with E-state index in [-0.39, 0.29) is 0 Å². The van der Waals surface area contributed by atoms with Crippen LogP contribution in [0.1, 0.15) is 5.56 Å². The van der Waals surface area contributed by atoms with Crippen LogP contribution in [0.5, 0.6) is 0 Å². The van der Waals surface area contributed by atoms with Gasteiger partial charge in [0.15, 0.2) is 0 Å². The first kappa shape index (κ1) is 13.1. The fourth-order valence-corrected chi connectivity index (χ4v) is 2.54. The van der Waals surface area contributed by atoms with Gasteiger partial charge in [0, 0.05) is 21.8 Å². The molecule has 20 heavy (non-hydrogen) atoms. The molecule has 0 spiro atoms. The number of aryl methyl sites for hydroxylation is 1. The van der Waals surface area contributed by atoms with Crippen molar-refractivity contribution in [2.24, 2.45) is 0 Å². The SMILES string of the molecule is Cc1cc(-c2ccccc2)cnc1-c1ccc(Br)cc1. The first-order valence-corrected chi connectivity index (χ1v) is 7.31. The summed E-state index contributed by atoms with van der Waals surface area (Å²) in [5.41, 5.74) is 5.73. The molecule has 2 heteroatoms. The van der Waals surface area contributed by atoms with E-state index in [9.17, 15) is 0 Å². The Kier molecular flexibility index (Phi) is 3.66. The highest BCUT2D eigenvalue weighted by Gasteiger charge is 2.06.